The summed E-state index contributed by atoms with van der Waals surface area (Å²) < 4.78 is 4.97. The van der Waals surface area contributed by atoms with Crippen LogP contribution in [0.4, 0.5) is 11.8 Å². The number of anilines is 2. The third-order valence-electron chi connectivity index (χ3n) is 3.86. The average molecular weight is 285 g/mol. The van der Waals surface area contributed by atoms with Crippen LogP contribution in [0.1, 0.15) is 18.2 Å². The van der Waals surface area contributed by atoms with E-state index in [0.29, 0.717) is 5.82 Å². The smallest absolute Gasteiger partial charge is 0.222 e. The molecule has 0 amide bonds. The van der Waals surface area contributed by atoms with E-state index in [0.717, 1.165) is 36.6 Å². The van der Waals surface area contributed by atoms with Gasteiger partial charge in [0.25, 0.3) is 0 Å². The summed E-state index contributed by atoms with van der Waals surface area (Å²) in [6.07, 6.45) is 0. The molecule has 3 aliphatic rings. The topological polar surface area (TPSA) is 90.3 Å². The second-order valence-corrected chi connectivity index (χ2v) is 5.11. The maximum absolute atomic E-state index is 5.73. The molecule has 0 aromatic carbocycles. The zero-order valence-corrected chi connectivity index (χ0v) is 12.3. The Morgan fingerprint density at radius 1 is 1.24 bits per heavy atom. The predicted molar refractivity (Wildman–Crippen MR) is 81.3 cm³/mol. The second-order valence-electron chi connectivity index (χ2n) is 5.11. The summed E-state index contributed by atoms with van der Waals surface area (Å²) in [7, 11) is 1.70. The molecule has 0 spiro atoms. The lowest BCUT2D eigenvalue weighted by molar-refractivity contribution is 0.299. The fraction of sp³-hybridized carbons (Fsp3) is 0.333. The zero-order valence-electron chi connectivity index (χ0n) is 12.3. The fourth-order valence-corrected chi connectivity index (χ4v) is 2.51. The molecule has 110 valence electrons. The molecule has 2 heterocycles. The van der Waals surface area contributed by atoms with Gasteiger partial charge in [0.2, 0.25) is 5.95 Å². The van der Waals surface area contributed by atoms with E-state index in [2.05, 4.69) is 33.9 Å². The van der Waals surface area contributed by atoms with Crippen LogP contribution in [-0.2, 0) is 13.1 Å². The van der Waals surface area contributed by atoms with Crippen molar-refractivity contribution in [2.45, 2.75) is 20.0 Å². The summed E-state index contributed by atoms with van der Waals surface area (Å²) in [4.78, 5) is 10.3. The highest BCUT2D eigenvalue weighted by Crippen LogP contribution is 2.25. The highest BCUT2D eigenvalue weighted by atomic mass is 16.5. The van der Waals surface area contributed by atoms with E-state index in [1.807, 2.05) is 6.07 Å². The largest absolute Gasteiger partial charge is 0.496 e. The molecule has 6 nitrogen and oxygen atoms in total. The minimum absolute atomic E-state index is 0.272. The molecule has 0 radical (unpaired) electrons. The number of methoxy groups -OCH3 is 1. The quantitative estimate of drug-likeness (QED) is 0.737. The van der Waals surface area contributed by atoms with E-state index in [1.54, 1.807) is 7.11 Å². The van der Waals surface area contributed by atoms with Crippen molar-refractivity contribution < 1.29 is 4.74 Å². The highest BCUT2D eigenvalue weighted by Gasteiger charge is 2.22. The molecule has 0 unspecified atom stereocenters. The number of benzene rings is 1. The first kappa shape index (κ1) is 13.6. The van der Waals surface area contributed by atoms with Gasteiger partial charge in [0, 0.05) is 23.9 Å². The predicted octanol–water partition coefficient (Wildman–Crippen LogP) is 1.27. The van der Waals surface area contributed by atoms with Crippen molar-refractivity contribution in [2.24, 2.45) is 0 Å². The van der Waals surface area contributed by atoms with Crippen molar-refractivity contribution in [1.82, 2.24) is 14.9 Å². The van der Waals surface area contributed by atoms with Crippen molar-refractivity contribution in [3.8, 4) is 5.75 Å². The molecule has 0 saturated carbocycles. The molecule has 4 N–H and O–H groups in total. The summed E-state index contributed by atoms with van der Waals surface area (Å²) in [6, 6.07) is 6.18. The molecule has 1 aliphatic heterocycles. The van der Waals surface area contributed by atoms with Gasteiger partial charge in [-0.2, -0.15) is 4.98 Å². The third-order valence-corrected chi connectivity index (χ3v) is 3.86. The van der Waals surface area contributed by atoms with Crippen molar-refractivity contribution >= 4 is 11.8 Å². The Morgan fingerprint density at radius 2 is 2.05 bits per heavy atom. The molecule has 0 fully saturated rings. The molecular weight excluding hydrogens is 266 g/mol. The maximum atomic E-state index is 5.73. The Balaban J connectivity index is 0.000000140. The van der Waals surface area contributed by atoms with E-state index >= 15 is 0 Å². The fourth-order valence-electron chi connectivity index (χ4n) is 2.51. The highest BCUT2D eigenvalue weighted by molar-refractivity contribution is 5.47. The molecule has 1 aromatic heterocycles. The van der Waals surface area contributed by atoms with Crippen molar-refractivity contribution in [3.63, 3.8) is 0 Å². The lowest BCUT2D eigenvalue weighted by Gasteiger charge is -2.08. The van der Waals surface area contributed by atoms with Crippen LogP contribution in [0.25, 0.3) is 0 Å². The molecular formula is C15H19N5O. The van der Waals surface area contributed by atoms with E-state index < -0.39 is 0 Å². The maximum Gasteiger partial charge on any atom is 0.222 e. The summed E-state index contributed by atoms with van der Waals surface area (Å²) in [6.45, 7) is 4.79. The number of rotatable bonds is 2. The van der Waals surface area contributed by atoms with Crippen LogP contribution in [0.5, 0.6) is 5.75 Å². The van der Waals surface area contributed by atoms with Gasteiger partial charge in [0.1, 0.15) is 11.6 Å². The van der Waals surface area contributed by atoms with Gasteiger partial charge in [-0.05, 0) is 17.8 Å². The van der Waals surface area contributed by atoms with Gasteiger partial charge in [-0.15, -0.1) is 0 Å². The number of aromatic nitrogens is 2. The SMILES string of the molecule is CCN1Cc2nc(N)nc(N)c2C1.COc1cc2ccc1=2. The Morgan fingerprint density at radius 3 is 2.52 bits per heavy atom. The second kappa shape index (κ2) is 5.21. The molecule has 1 aromatic rings. The van der Waals surface area contributed by atoms with Crippen LogP contribution in [0.2, 0.25) is 0 Å². The first-order valence-electron chi connectivity index (χ1n) is 6.94. The van der Waals surface area contributed by atoms with Gasteiger partial charge in [0.15, 0.2) is 0 Å². The van der Waals surface area contributed by atoms with Crippen molar-refractivity contribution in [1.29, 1.82) is 0 Å². The van der Waals surface area contributed by atoms with E-state index in [9.17, 15) is 0 Å². The van der Waals surface area contributed by atoms with Gasteiger partial charge in [-0.1, -0.05) is 19.1 Å². The number of fused-ring (bicyclic) bond motifs is 1. The van der Waals surface area contributed by atoms with Crippen LogP contribution in [0, 0.1) is 10.4 Å². The minimum atomic E-state index is 0.272. The van der Waals surface area contributed by atoms with Crippen molar-refractivity contribution in [2.75, 3.05) is 25.1 Å². The zero-order chi connectivity index (χ0) is 15.0. The first-order valence-corrected chi connectivity index (χ1v) is 6.94. The molecule has 0 saturated heterocycles. The summed E-state index contributed by atoms with van der Waals surface area (Å²) >= 11 is 0. The molecule has 2 aliphatic carbocycles. The molecule has 6 heteroatoms. The van der Waals surface area contributed by atoms with Crippen LogP contribution in [-0.4, -0.2) is 28.5 Å². The molecule has 0 atom stereocenters. The summed E-state index contributed by atoms with van der Waals surface area (Å²) in [5.41, 5.74) is 13.2. The number of nitrogens with two attached hydrogens (primary N) is 2. The number of ether oxygens (including phenoxy) is 1. The van der Waals surface area contributed by atoms with Crippen molar-refractivity contribution in [3.05, 3.63) is 39.9 Å². The lowest BCUT2D eigenvalue weighted by Crippen LogP contribution is -2.15. The van der Waals surface area contributed by atoms with E-state index in [-0.39, 0.29) is 5.95 Å². The number of hydrogen-bond acceptors (Lipinski definition) is 6. The minimum Gasteiger partial charge on any atom is -0.496 e. The Kier molecular flexibility index (Phi) is 3.39. The third kappa shape index (κ3) is 2.38. The van der Waals surface area contributed by atoms with Crippen LogP contribution >= 0.6 is 0 Å². The first-order chi connectivity index (χ1) is 10.1. The summed E-state index contributed by atoms with van der Waals surface area (Å²) in [5, 5.41) is 2.62. The molecule has 21 heavy (non-hydrogen) atoms. The Hall–Kier alpha value is -2.34. The number of nitrogens with zero attached hydrogens (tertiary/aromatic N) is 3. The monoisotopic (exact) mass is 285 g/mol. The number of hydrogen-bond donors (Lipinski definition) is 2. The van der Waals surface area contributed by atoms with E-state index in [1.165, 1.54) is 10.4 Å². The van der Waals surface area contributed by atoms with Crippen LogP contribution in [0.3, 0.4) is 0 Å². The normalized spacial score (nSPS) is 14.2. The molecule has 4 rings (SSSR count). The van der Waals surface area contributed by atoms with Crippen LogP contribution in [0.15, 0.2) is 18.2 Å². The average Bonchev–Trinajstić information content (AvgIpc) is 2.86. The van der Waals surface area contributed by atoms with Gasteiger partial charge < -0.3 is 16.2 Å². The van der Waals surface area contributed by atoms with Gasteiger partial charge >= 0.3 is 0 Å². The van der Waals surface area contributed by atoms with Gasteiger partial charge in [-0.3, -0.25) is 4.90 Å². The Labute approximate surface area is 123 Å². The standard InChI is InChI=1S/C8H13N5.C7H6O/c1-2-13-3-5-6(4-13)11-8(10)12-7(5)9;1-8-7-4-5-2-3-6(5)7/h2-4H2,1H3,(H4,9,10,11,12);2-4H,1H3. The number of nitrogen functional groups attached to an aromatic ring is 2. The summed E-state index contributed by atoms with van der Waals surface area (Å²) in [5.74, 6) is 1.83. The molecule has 0 bridgehead atoms. The van der Waals surface area contributed by atoms with Crippen LogP contribution < -0.4 is 16.2 Å². The Bertz CT molecular complexity index is 774. The van der Waals surface area contributed by atoms with Gasteiger partial charge in [0.05, 0.1) is 12.8 Å². The van der Waals surface area contributed by atoms with E-state index in [4.69, 9.17) is 16.2 Å². The lowest BCUT2D eigenvalue weighted by atomic mass is 10.1. The van der Waals surface area contributed by atoms with Gasteiger partial charge in [-0.25, -0.2) is 4.98 Å².